The average molecular weight is 325 g/mol. The maximum atomic E-state index is 12.6. The molecule has 0 aliphatic carbocycles. The molecule has 18 heavy (non-hydrogen) atoms. The quantitative estimate of drug-likeness (QED) is 0.847. The van der Waals surface area contributed by atoms with E-state index < -0.39 is 12.7 Å². The molecule has 2 N–H and O–H groups in total. The van der Waals surface area contributed by atoms with Gasteiger partial charge in [-0.2, -0.15) is 13.2 Å². The van der Waals surface area contributed by atoms with Crippen LogP contribution in [-0.4, -0.2) is 18.8 Å². The maximum absolute atomic E-state index is 12.6. The van der Waals surface area contributed by atoms with Crippen molar-refractivity contribution in [2.75, 3.05) is 17.2 Å². The number of rotatable bonds is 3. The first-order valence-electron chi connectivity index (χ1n) is 5.51. The summed E-state index contributed by atoms with van der Waals surface area (Å²) in [6.45, 7) is 4.25. The molecule has 0 atom stereocenters. The Morgan fingerprint density at radius 3 is 2.33 bits per heavy atom. The number of hydrogen-bond donors (Lipinski definition) is 1. The number of alkyl halides is 3. The normalized spacial score (nSPS) is 12.0. The van der Waals surface area contributed by atoms with Crippen LogP contribution in [0.15, 0.2) is 16.6 Å². The van der Waals surface area contributed by atoms with Gasteiger partial charge in [0.15, 0.2) is 0 Å². The third kappa shape index (κ3) is 3.80. The Balaban J connectivity index is 3.18. The first-order valence-corrected chi connectivity index (χ1v) is 6.30. The lowest BCUT2D eigenvalue weighted by molar-refractivity contribution is -0.120. The Hall–Kier alpha value is -0.910. The number of hydrogen-bond acceptors (Lipinski definition) is 2. The summed E-state index contributed by atoms with van der Waals surface area (Å²) in [6, 6.07) is 3.05. The predicted molar refractivity (Wildman–Crippen MR) is 71.8 cm³/mol. The molecule has 0 aliphatic heterocycles. The molecule has 2 nitrogen and oxygen atoms in total. The Kier molecular flexibility index (Phi) is 4.53. The first-order chi connectivity index (χ1) is 8.11. The summed E-state index contributed by atoms with van der Waals surface area (Å²) in [6.07, 6.45) is -4.24. The highest BCUT2D eigenvalue weighted by Gasteiger charge is 2.32. The van der Waals surface area contributed by atoms with E-state index in [1.807, 2.05) is 0 Å². The third-order valence-electron chi connectivity index (χ3n) is 2.62. The van der Waals surface area contributed by atoms with Crippen LogP contribution in [0.1, 0.15) is 19.4 Å². The summed E-state index contributed by atoms with van der Waals surface area (Å²) in [5.41, 5.74) is 7.55. The van der Waals surface area contributed by atoms with E-state index in [-0.39, 0.29) is 6.04 Å². The van der Waals surface area contributed by atoms with Crippen molar-refractivity contribution in [2.45, 2.75) is 33.0 Å². The van der Waals surface area contributed by atoms with Gasteiger partial charge in [0.25, 0.3) is 0 Å². The fourth-order valence-electron chi connectivity index (χ4n) is 1.64. The molecule has 0 radical (unpaired) electrons. The van der Waals surface area contributed by atoms with Crippen LogP contribution >= 0.6 is 15.9 Å². The molecule has 0 spiro atoms. The van der Waals surface area contributed by atoms with E-state index >= 15 is 0 Å². The van der Waals surface area contributed by atoms with E-state index in [1.54, 1.807) is 32.9 Å². The molecule has 0 aliphatic rings. The highest BCUT2D eigenvalue weighted by Crippen LogP contribution is 2.33. The second kappa shape index (κ2) is 5.38. The Labute approximate surface area is 113 Å². The second-order valence-corrected chi connectivity index (χ2v) is 5.35. The summed E-state index contributed by atoms with van der Waals surface area (Å²) < 4.78 is 38.3. The second-order valence-electron chi connectivity index (χ2n) is 4.50. The Bertz CT molecular complexity index is 430. The molecule has 1 aromatic rings. The van der Waals surface area contributed by atoms with Gasteiger partial charge in [-0.25, -0.2) is 0 Å². The number of nitrogens with two attached hydrogens (primary N) is 1. The molecule has 102 valence electrons. The standard InChI is InChI=1S/C12H16BrF3N2/c1-7(2)18(6-12(14,15)16)11-4-8(3)10(17)5-9(11)13/h4-5,7H,6,17H2,1-3H3. The summed E-state index contributed by atoms with van der Waals surface area (Å²) in [4.78, 5) is 1.30. The van der Waals surface area contributed by atoms with Crippen molar-refractivity contribution < 1.29 is 13.2 Å². The van der Waals surface area contributed by atoms with E-state index in [1.165, 1.54) is 4.90 Å². The van der Waals surface area contributed by atoms with Crippen molar-refractivity contribution in [2.24, 2.45) is 0 Å². The van der Waals surface area contributed by atoms with Crippen LogP contribution in [0.4, 0.5) is 24.5 Å². The zero-order chi connectivity index (χ0) is 14.1. The summed E-state index contributed by atoms with van der Waals surface area (Å²) in [5.74, 6) is 0. The van der Waals surface area contributed by atoms with Crippen LogP contribution in [0.5, 0.6) is 0 Å². The van der Waals surface area contributed by atoms with Crippen LogP contribution in [0.25, 0.3) is 0 Å². The number of benzene rings is 1. The molecule has 0 saturated heterocycles. The van der Waals surface area contributed by atoms with Crippen molar-refractivity contribution in [3.63, 3.8) is 0 Å². The minimum Gasteiger partial charge on any atom is -0.398 e. The molecular formula is C12H16BrF3N2. The SMILES string of the molecule is Cc1cc(N(CC(F)(F)F)C(C)C)c(Br)cc1N. The molecule has 0 unspecified atom stereocenters. The Morgan fingerprint density at radius 2 is 1.89 bits per heavy atom. The third-order valence-corrected chi connectivity index (χ3v) is 3.25. The van der Waals surface area contributed by atoms with Gasteiger partial charge in [-0.15, -0.1) is 0 Å². The zero-order valence-electron chi connectivity index (χ0n) is 10.5. The molecule has 0 heterocycles. The number of nitrogen functional groups attached to an aromatic ring is 1. The molecule has 1 aromatic carbocycles. The molecule has 0 saturated carbocycles. The van der Waals surface area contributed by atoms with Crippen molar-refractivity contribution in [1.82, 2.24) is 0 Å². The van der Waals surface area contributed by atoms with Crippen molar-refractivity contribution in [3.05, 3.63) is 22.2 Å². The van der Waals surface area contributed by atoms with E-state index in [0.717, 1.165) is 5.56 Å². The van der Waals surface area contributed by atoms with E-state index in [0.29, 0.717) is 15.8 Å². The maximum Gasteiger partial charge on any atom is 0.405 e. The predicted octanol–water partition coefficient (Wildman–Crippen LogP) is 4.12. The lowest BCUT2D eigenvalue weighted by atomic mass is 10.1. The van der Waals surface area contributed by atoms with Crippen molar-refractivity contribution >= 4 is 27.3 Å². The van der Waals surface area contributed by atoms with E-state index in [4.69, 9.17) is 5.73 Å². The van der Waals surface area contributed by atoms with Crippen molar-refractivity contribution in [3.8, 4) is 0 Å². The summed E-state index contributed by atoms with van der Waals surface area (Å²) in [5, 5.41) is 0. The number of aryl methyl sites for hydroxylation is 1. The fraction of sp³-hybridized carbons (Fsp3) is 0.500. The van der Waals surface area contributed by atoms with E-state index in [9.17, 15) is 13.2 Å². The van der Waals surface area contributed by atoms with Crippen LogP contribution in [-0.2, 0) is 0 Å². The van der Waals surface area contributed by atoms with Gasteiger partial charge in [0.2, 0.25) is 0 Å². The molecule has 6 heteroatoms. The summed E-state index contributed by atoms with van der Waals surface area (Å²) in [7, 11) is 0. The molecule has 0 fully saturated rings. The van der Waals surface area contributed by atoms with Crippen LogP contribution in [0, 0.1) is 6.92 Å². The van der Waals surface area contributed by atoms with Gasteiger partial charge in [0.1, 0.15) is 6.54 Å². The summed E-state index contributed by atoms with van der Waals surface area (Å²) >= 11 is 3.27. The van der Waals surface area contributed by atoms with Gasteiger partial charge in [0, 0.05) is 16.2 Å². The van der Waals surface area contributed by atoms with Gasteiger partial charge >= 0.3 is 6.18 Å². The lowest BCUT2D eigenvalue weighted by Crippen LogP contribution is -2.39. The highest BCUT2D eigenvalue weighted by molar-refractivity contribution is 9.10. The largest absolute Gasteiger partial charge is 0.405 e. The molecule has 0 amide bonds. The molecule has 0 aromatic heterocycles. The van der Waals surface area contributed by atoms with Gasteiger partial charge in [-0.3, -0.25) is 0 Å². The van der Waals surface area contributed by atoms with E-state index in [2.05, 4.69) is 15.9 Å². The van der Waals surface area contributed by atoms with Gasteiger partial charge < -0.3 is 10.6 Å². The molecule has 1 rings (SSSR count). The number of anilines is 2. The first kappa shape index (κ1) is 15.1. The van der Waals surface area contributed by atoms with Gasteiger partial charge in [-0.1, -0.05) is 0 Å². The minimum atomic E-state index is -4.24. The monoisotopic (exact) mass is 324 g/mol. The average Bonchev–Trinajstić information content (AvgIpc) is 2.19. The molecule has 0 bridgehead atoms. The fourth-order valence-corrected chi connectivity index (χ4v) is 2.23. The molecular weight excluding hydrogens is 309 g/mol. The van der Waals surface area contributed by atoms with Crippen molar-refractivity contribution in [1.29, 1.82) is 0 Å². The van der Waals surface area contributed by atoms with Gasteiger partial charge in [0.05, 0.1) is 5.69 Å². The minimum absolute atomic E-state index is 0.258. The van der Waals surface area contributed by atoms with Crippen LogP contribution in [0.2, 0.25) is 0 Å². The topological polar surface area (TPSA) is 29.3 Å². The zero-order valence-corrected chi connectivity index (χ0v) is 12.1. The van der Waals surface area contributed by atoms with Gasteiger partial charge in [-0.05, 0) is 54.4 Å². The highest BCUT2D eigenvalue weighted by atomic mass is 79.9. The van der Waals surface area contributed by atoms with Crippen LogP contribution < -0.4 is 10.6 Å². The Morgan fingerprint density at radius 1 is 1.33 bits per heavy atom. The number of halogens is 4. The van der Waals surface area contributed by atoms with Crippen LogP contribution in [0.3, 0.4) is 0 Å². The lowest BCUT2D eigenvalue weighted by Gasteiger charge is -2.31. The number of nitrogens with zero attached hydrogens (tertiary/aromatic N) is 1. The smallest absolute Gasteiger partial charge is 0.398 e.